The highest BCUT2D eigenvalue weighted by Gasteiger charge is 2.21. The minimum absolute atomic E-state index is 0.112. The summed E-state index contributed by atoms with van der Waals surface area (Å²) in [5, 5.41) is 6.68. The predicted octanol–water partition coefficient (Wildman–Crippen LogP) is 4.84. The molecule has 0 saturated carbocycles. The summed E-state index contributed by atoms with van der Waals surface area (Å²) in [5.74, 6) is 0.686. The lowest BCUT2D eigenvalue weighted by Crippen LogP contribution is -2.46. The fourth-order valence-electron chi connectivity index (χ4n) is 4.20. The number of hydrogen-bond donors (Lipinski definition) is 2. The number of piperazine rings is 1. The third-order valence-corrected chi connectivity index (χ3v) is 7.14. The predicted molar refractivity (Wildman–Crippen MR) is 146 cm³/mol. The van der Waals surface area contributed by atoms with Crippen molar-refractivity contribution in [2.45, 2.75) is 19.4 Å². The largest absolute Gasteiger partial charge is 0.335 e. The van der Waals surface area contributed by atoms with Gasteiger partial charge in [-0.3, -0.25) is 4.79 Å². The SMILES string of the molecule is O=C(c1cc2c(s1)/C=C\CC=NC(Nc1cccc(Cc3ccccc3)c1)=NC2)N1CCNCC1. The van der Waals surface area contributed by atoms with Crippen molar-refractivity contribution < 1.29 is 4.79 Å². The molecule has 7 heteroatoms. The van der Waals surface area contributed by atoms with Gasteiger partial charge in [0.05, 0.1) is 11.4 Å². The standard InChI is InChI=1S/C28H29N5OS/c34-27(33-15-13-29-14-16-33)26-19-23-20-31-28(30-12-5-4-11-25(23)35-26)32-24-10-6-9-22(18-24)17-21-7-2-1-3-8-21/h1-4,6-12,18-19,29H,5,13-17,20H2,(H,31,32)/b11-4-,30-12?. The molecule has 3 heterocycles. The average Bonchev–Trinajstić information content (AvgIpc) is 3.31. The minimum Gasteiger partial charge on any atom is -0.335 e. The van der Waals surface area contributed by atoms with Crippen LogP contribution in [0, 0.1) is 0 Å². The molecule has 1 aromatic heterocycles. The molecule has 178 valence electrons. The molecule has 5 rings (SSSR count). The maximum atomic E-state index is 13.0. The van der Waals surface area contributed by atoms with Crippen molar-refractivity contribution in [2.24, 2.45) is 9.98 Å². The summed E-state index contributed by atoms with van der Waals surface area (Å²) in [6, 6.07) is 20.8. The molecule has 0 unspecified atom stereocenters. The van der Waals surface area contributed by atoms with Gasteiger partial charge in [-0.15, -0.1) is 11.3 Å². The van der Waals surface area contributed by atoms with Gasteiger partial charge in [-0.2, -0.15) is 0 Å². The molecule has 2 aliphatic rings. The lowest BCUT2D eigenvalue weighted by atomic mass is 10.0. The van der Waals surface area contributed by atoms with Crippen molar-refractivity contribution >= 4 is 41.2 Å². The van der Waals surface area contributed by atoms with Crippen LogP contribution in [0.15, 0.2) is 76.7 Å². The van der Waals surface area contributed by atoms with Crippen LogP contribution < -0.4 is 10.6 Å². The van der Waals surface area contributed by atoms with E-state index in [2.05, 4.69) is 70.2 Å². The highest BCUT2D eigenvalue weighted by molar-refractivity contribution is 7.15. The number of hydrogen-bond acceptors (Lipinski definition) is 6. The molecule has 35 heavy (non-hydrogen) atoms. The van der Waals surface area contributed by atoms with E-state index in [1.807, 2.05) is 29.3 Å². The fourth-order valence-corrected chi connectivity index (χ4v) is 5.28. The van der Waals surface area contributed by atoms with Gasteiger partial charge in [0.2, 0.25) is 5.96 Å². The van der Waals surface area contributed by atoms with Gasteiger partial charge in [-0.25, -0.2) is 9.98 Å². The third-order valence-electron chi connectivity index (χ3n) is 6.01. The highest BCUT2D eigenvalue weighted by Crippen LogP contribution is 2.27. The number of thiophene rings is 1. The zero-order chi connectivity index (χ0) is 23.9. The molecular formula is C28H29N5OS. The second-order valence-corrected chi connectivity index (χ2v) is 9.70. The van der Waals surface area contributed by atoms with Gasteiger partial charge >= 0.3 is 0 Å². The van der Waals surface area contributed by atoms with Crippen molar-refractivity contribution in [2.75, 3.05) is 31.5 Å². The Morgan fingerprint density at radius 2 is 1.86 bits per heavy atom. The number of guanidine groups is 1. The van der Waals surface area contributed by atoms with Gasteiger partial charge in [0.1, 0.15) is 0 Å². The number of carbonyl (C=O) groups is 1. The van der Waals surface area contributed by atoms with Crippen molar-refractivity contribution in [3.05, 3.63) is 93.2 Å². The molecule has 0 spiro atoms. The molecule has 0 radical (unpaired) electrons. The van der Waals surface area contributed by atoms with E-state index in [1.165, 1.54) is 11.1 Å². The number of benzene rings is 2. The van der Waals surface area contributed by atoms with Crippen molar-refractivity contribution in [3.8, 4) is 0 Å². The third kappa shape index (κ3) is 6.12. The number of amides is 1. The average molecular weight is 484 g/mol. The molecule has 6 nitrogen and oxygen atoms in total. The number of aliphatic imine (C=N–C) groups is 2. The number of anilines is 1. The summed E-state index contributed by atoms with van der Waals surface area (Å²) in [6.07, 6.45) is 7.61. The number of allylic oxidation sites excluding steroid dienone is 1. The van der Waals surface area contributed by atoms with Crippen LogP contribution in [0.4, 0.5) is 5.69 Å². The summed E-state index contributed by atoms with van der Waals surface area (Å²) in [4.78, 5) is 26.1. The topological polar surface area (TPSA) is 69.1 Å². The Balaban J connectivity index is 1.32. The summed E-state index contributed by atoms with van der Waals surface area (Å²) in [6.45, 7) is 3.66. The first-order valence-corrected chi connectivity index (χ1v) is 12.8. The van der Waals surface area contributed by atoms with Crippen LogP contribution in [-0.4, -0.2) is 49.2 Å². The molecule has 2 aliphatic heterocycles. The normalized spacial score (nSPS) is 16.8. The van der Waals surface area contributed by atoms with Crippen LogP contribution in [0.5, 0.6) is 0 Å². The van der Waals surface area contributed by atoms with E-state index in [-0.39, 0.29) is 5.91 Å². The van der Waals surface area contributed by atoms with E-state index in [4.69, 9.17) is 4.99 Å². The lowest BCUT2D eigenvalue weighted by molar-refractivity contribution is 0.0740. The molecular weight excluding hydrogens is 454 g/mol. The summed E-state index contributed by atoms with van der Waals surface area (Å²) in [7, 11) is 0. The van der Waals surface area contributed by atoms with Crippen LogP contribution in [-0.2, 0) is 13.0 Å². The van der Waals surface area contributed by atoms with Gasteiger partial charge < -0.3 is 15.5 Å². The van der Waals surface area contributed by atoms with Gasteiger partial charge in [0.15, 0.2) is 0 Å². The number of nitrogens with one attached hydrogen (secondary N) is 2. The Morgan fingerprint density at radius 3 is 2.71 bits per heavy atom. The van der Waals surface area contributed by atoms with Crippen molar-refractivity contribution in [1.82, 2.24) is 10.2 Å². The van der Waals surface area contributed by atoms with E-state index in [9.17, 15) is 4.79 Å². The minimum atomic E-state index is 0.112. The van der Waals surface area contributed by atoms with E-state index in [0.29, 0.717) is 18.9 Å². The van der Waals surface area contributed by atoms with Crippen LogP contribution in [0.2, 0.25) is 0 Å². The highest BCUT2D eigenvalue weighted by atomic mass is 32.1. The zero-order valence-corrected chi connectivity index (χ0v) is 20.4. The van der Waals surface area contributed by atoms with Gasteiger partial charge in [0, 0.05) is 49.4 Å². The number of rotatable bonds is 4. The van der Waals surface area contributed by atoms with Crippen LogP contribution >= 0.6 is 11.3 Å². The van der Waals surface area contributed by atoms with E-state index < -0.39 is 0 Å². The van der Waals surface area contributed by atoms with E-state index >= 15 is 0 Å². The van der Waals surface area contributed by atoms with Crippen LogP contribution in [0.3, 0.4) is 0 Å². The fraction of sp³-hybridized carbons (Fsp3) is 0.250. The van der Waals surface area contributed by atoms with Gasteiger partial charge in [-0.05, 0) is 47.4 Å². The number of nitrogens with zero attached hydrogens (tertiary/aromatic N) is 3. The molecule has 2 aromatic carbocycles. The zero-order valence-electron chi connectivity index (χ0n) is 19.6. The van der Waals surface area contributed by atoms with Gasteiger partial charge in [0.25, 0.3) is 5.91 Å². The quantitative estimate of drug-likeness (QED) is 0.558. The lowest BCUT2D eigenvalue weighted by Gasteiger charge is -2.26. The number of carbonyl (C=O) groups excluding carboxylic acids is 1. The Morgan fingerprint density at radius 1 is 1.03 bits per heavy atom. The second-order valence-electron chi connectivity index (χ2n) is 8.62. The smallest absolute Gasteiger partial charge is 0.264 e. The maximum Gasteiger partial charge on any atom is 0.264 e. The molecule has 1 amide bonds. The first kappa shape index (κ1) is 23.2. The van der Waals surface area contributed by atoms with Crippen LogP contribution in [0.1, 0.15) is 37.7 Å². The molecule has 0 atom stereocenters. The Kier molecular flexibility index (Phi) is 7.46. The monoisotopic (exact) mass is 483 g/mol. The summed E-state index contributed by atoms with van der Waals surface area (Å²) < 4.78 is 0. The van der Waals surface area contributed by atoms with Crippen LogP contribution in [0.25, 0.3) is 6.08 Å². The first-order chi connectivity index (χ1) is 17.2. The Bertz CT molecular complexity index is 1260. The Labute approximate surface area is 210 Å². The molecule has 1 saturated heterocycles. The molecule has 1 fully saturated rings. The molecule has 0 aliphatic carbocycles. The van der Waals surface area contributed by atoms with Crippen molar-refractivity contribution in [3.63, 3.8) is 0 Å². The van der Waals surface area contributed by atoms with Crippen molar-refractivity contribution in [1.29, 1.82) is 0 Å². The number of fused-ring (bicyclic) bond motifs is 1. The maximum absolute atomic E-state index is 13.0. The molecule has 0 bridgehead atoms. The summed E-state index contributed by atoms with van der Waals surface area (Å²) >= 11 is 1.55. The molecule has 3 aromatic rings. The first-order valence-electron chi connectivity index (χ1n) is 12.0. The van der Waals surface area contributed by atoms with Gasteiger partial charge in [-0.1, -0.05) is 48.5 Å². The summed E-state index contributed by atoms with van der Waals surface area (Å²) in [5.41, 5.74) is 4.52. The van der Waals surface area contributed by atoms with E-state index in [0.717, 1.165) is 53.6 Å². The Hall–Kier alpha value is -3.55. The van der Waals surface area contributed by atoms with E-state index in [1.54, 1.807) is 11.3 Å². The second kappa shape index (κ2) is 11.3. The molecule has 2 N–H and O–H groups in total.